The van der Waals surface area contributed by atoms with Crippen LogP contribution in [0.25, 0.3) is 0 Å². The Bertz CT molecular complexity index is 492. The predicted molar refractivity (Wildman–Crippen MR) is 83.0 cm³/mol. The third-order valence-electron chi connectivity index (χ3n) is 5.97. The minimum absolute atomic E-state index is 0.118. The largest absolute Gasteiger partial charge is 0.365 e. The lowest BCUT2D eigenvalue weighted by atomic mass is 9.55. The van der Waals surface area contributed by atoms with E-state index in [1.54, 1.807) is 0 Å². The van der Waals surface area contributed by atoms with Gasteiger partial charge in [0.25, 0.3) is 0 Å². The quantitative estimate of drug-likeness (QED) is 0.629. The second-order valence-corrected chi connectivity index (χ2v) is 7.78. The van der Waals surface area contributed by atoms with E-state index in [0.717, 1.165) is 25.7 Å². The van der Waals surface area contributed by atoms with Crippen LogP contribution in [0.4, 0.5) is 0 Å². The minimum atomic E-state index is -0.887. The number of thiocarbonyl (C=S) groups is 1. The van der Waals surface area contributed by atoms with E-state index in [4.69, 9.17) is 21.7 Å². The number of aliphatic hydroxyl groups is 1. The maximum Gasteiger partial charge on any atom is 0.188 e. The van der Waals surface area contributed by atoms with Gasteiger partial charge in [-0.3, -0.25) is 0 Å². The Balaban J connectivity index is 2.10. The fourth-order valence-corrected chi connectivity index (χ4v) is 5.22. The summed E-state index contributed by atoms with van der Waals surface area (Å²) in [4.78, 5) is 4.48. The molecule has 2 heterocycles. The average molecular weight is 311 g/mol. The molecule has 0 aromatic heterocycles. The summed E-state index contributed by atoms with van der Waals surface area (Å²) in [6.07, 6.45) is 2.75. The van der Waals surface area contributed by atoms with Gasteiger partial charge in [-0.05, 0) is 57.2 Å². The lowest BCUT2D eigenvalue weighted by molar-refractivity contribution is -0.253. The highest BCUT2D eigenvalue weighted by molar-refractivity contribution is 7.78. The van der Waals surface area contributed by atoms with Gasteiger partial charge in [0.15, 0.2) is 12.1 Å². The molecule has 2 bridgehead atoms. The van der Waals surface area contributed by atoms with Crippen LogP contribution in [0.15, 0.2) is 4.99 Å². The molecule has 4 nitrogen and oxygen atoms in total. The van der Waals surface area contributed by atoms with E-state index in [-0.39, 0.29) is 17.4 Å². The highest BCUT2D eigenvalue weighted by Crippen LogP contribution is 2.61. The maximum absolute atomic E-state index is 10.7. The second-order valence-electron chi connectivity index (χ2n) is 7.60. The van der Waals surface area contributed by atoms with Crippen LogP contribution in [-0.2, 0) is 9.47 Å². The molecule has 0 radical (unpaired) electrons. The van der Waals surface area contributed by atoms with Crippen molar-refractivity contribution in [3.05, 3.63) is 0 Å². The first kappa shape index (κ1) is 15.6. The van der Waals surface area contributed by atoms with Crippen LogP contribution < -0.4 is 0 Å². The third-order valence-corrected chi connectivity index (χ3v) is 6.06. The summed E-state index contributed by atoms with van der Waals surface area (Å²) in [5.74, 6) is 0.148. The van der Waals surface area contributed by atoms with Crippen molar-refractivity contribution in [1.29, 1.82) is 0 Å². The third kappa shape index (κ3) is 2.06. The van der Waals surface area contributed by atoms with Gasteiger partial charge in [0, 0.05) is 12.3 Å². The lowest BCUT2D eigenvalue weighted by Gasteiger charge is -2.57. The second kappa shape index (κ2) is 4.84. The number of hydrogen-bond donors (Lipinski definition) is 1. The number of fused-ring (bicyclic) bond motifs is 1. The summed E-state index contributed by atoms with van der Waals surface area (Å²) in [5.41, 5.74) is -0.979. The topological polar surface area (TPSA) is 51.0 Å². The highest BCUT2D eigenvalue weighted by atomic mass is 32.1. The fourth-order valence-electron chi connectivity index (χ4n) is 5.02. The first-order valence-corrected chi connectivity index (χ1v) is 8.33. The Hall–Kier alpha value is -0.320. The van der Waals surface area contributed by atoms with Crippen molar-refractivity contribution < 1.29 is 14.6 Å². The van der Waals surface area contributed by atoms with Gasteiger partial charge in [-0.1, -0.05) is 13.8 Å². The molecule has 1 spiro atoms. The SMILES string of the molecule is CC(C)[C@@H]1CC[C@](C)(N=C=S)[C@@H]2CC[C@]3(C)O[C@H](O)[C@]21O3. The lowest BCUT2D eigenvalue weighted by Crippen LogP contribution is -2.65. The monoisotopic (exact) mass is 311 g/mol. The Kier molecular flexibility index (Phi) is 3.59. The molecule has 0 aromatic rings. The van der Waals surface area contributed by atoms with Crippen molar-refractivity contribution in [2.75, 3.05) is 0 Å². The molecule has 118 valence electrons. The van der Waals surface area contributed by atoms with E-state index >= 15 is 0 Å². The summed E-state index contributed by atoms with van der Waals surface area (Å²) >= 11 is 4.86. The molecule has 6 atom stereocenters. The summed E-state index contributed by atoms with van der Waals surface area (Å²) in [5, 5.41) is 13.3. The molecule has 2 aliphatic heterocycles. The van der Waals surface area contributed by atoms with Gasteiger partial charge in [-0.15, -0.1) is 0 Å². The van der Waals surface area contributed by atoms with E-state index in [9.17, 15) is 5.11 Å². The zero-order chi connectivity index (χ0) is 15.5. The molecule has 0 aromatic carbocycles. The van der Waals surface area contributed by atoms with Crippen LogP contribution in [0, 0.1) is 17.8 Å². The normalized spacial score (nSPS) is 52.4. The molecule has 0 amide bonds. The van der Waals surface area contributed by atoms with Crippen molar-refractivity contribution in [2.24, 2.45) is 22.7 Å². The van der Waals surface area contributed by atoms with E-state index in [1.807, 2.05) is 6.92 Å². The van der Waals surface area contributed by atoms with E-state index < -0.39 is 17.7 Å². The summed E-state index contributed by atoms with van der Waals surface area (Å²) in [7, 11) is 0. The summed E-state index contributed by atoms with van der Waals surface area (Å²) in [6.45, 7) is 8.45. The average Bonchev–Trinajstić information content (AvgIpc) is 2.55. The van der Waals surface area contributed by atoms with Crippen LogP contribution in [0.3, 0.4) is 0 Å². The van der Waals surface area contributed by atoms with E-state index in [1.165, 1.54) is 0 Å². The predicted octanol–water partition coefficient (Wildman–Crippen LogP) is 3.14. The van der Waals surface area contributed by atoms with E-state index in [2.05, 4.69) is 30.9 Å². The van der Waals surface area contributed by atoms with Gasteiger partial charge in [-0.2, -0.15) is 0 Å². The fraction of sp³-hybridized carbons (Fsp3) is 0.938. The molecule has 1 N–H and O–H groups in total. The minimum Gasteiger partial charge on any atom is -0.365 e. The maximum atomic E-state index is 10.7. The van der Waals surface area contributed by atoms with Crippen molar-refractivity contribution in [2.45, 2.75) is 76.6 Å². The molecule has 3 fully saturated rings. The molecule has 3 rings (SSSR count). The number of hydrogen-bond acceptors (Lipinski definition) is 5. The molecule has 1 aliphatic carbocycles. The number of ether oxygens (including phenoxy) is 2. The van der Waals surface area contributed by atoms with Gasteiger partial charge >= 0.3 is 0 Å². The number of aliphatic hydroxyl groups excluding tert-OH is 1. The Labute approximate surface area is 131 Å². The molecule has 21 heavy (non-hydrogen) atoms. The molecular weight excluding hydrogens is 286 g/mol. The molecule has 5 heteroatoms. The molecular formula is C16H25NO3S. The number of aliphatic imine (C=N–C) groups is 1. The first-order valence-electron chi connectivity index (χ1n) is 7.92. The molecule has 0 unspecified atom stereocenters. The van der Waals surface area contributed by atoms with Gasteiger partial charge < -0.3 is 14.6 Å². The Morgan fingerprint density at radius 1 is 1.29 bits per heavy atom. The van der Waals surface area contributed by atoms with Crippen LogP contribution in [0.1, 0.15) is 53.4 Å². The number of rotatable bonds is 2. The van der Waals surface area contributed by atoms with Crippen LogP contribution in [0.5, 0.6) is 0 Å². The van der Waals surface area contributed by atoms with Gasteiger partial charge in [0.1, 0.15) is 5.60 Å². The van der Waals surface area contributed by atoms with Crippen molar-refractivity contribution in [3.63, 3.8) is 0 Å². The van der Waals surface area contributed by atoms with Gasteiger partial charge in [0.2, 0.25) is 0 Å². The summed E-state index contributed by atoms with van der Waals surface area (Å²) < 4.78 is 12.2. The smallest absolute Gasteiger partial charge is 0.188 e. The van der Waals surface area contributed by atoms with Crippen LogP contribution in [-0.4, -0.2) is 33.5 Å². The summed E-state index contributed by atoms with van der Waals surface area (Å²) in [6, 6.07) is 0. The van der Waals surface area contributed by atoms with Crippen LogP contribution in [0.2, 0.25) is 0 Å². The van der Waals surface area contributed by atoms with Gasteiger partial charge in [0.05, 0.1) is 10.7 Å². The van der Waals surface area contributed by atoms with Crippen LogP contribution >= 0.6 is 12.2 Å². The molecule has 1 saturated carbocycles. The number of nitrogens with zero attached hydrogens (tertiary/aromatic N) is 1. The molecule has 3 aliphatic rings. The Morgan fingerprint density at radius 2 is 2.00 bits per heavy atom. The van der Waals surface area contributed by atoms with Crippen molar-refractivity contribution in [1.82, 2.24) is 0 Å². The first-order chi connectivity index (χ1) is 9.77. The van der Waals surface area contributed by atoms with Crippen molar-refractivity contribution >= 4 is 17.4 Å². The van der Waals surface area contributed by atoms with E-state index in [0.29, 0.717) is 5.92 Å². The zero-order valence-corrected chi connectivity index (χ0v) is 14.1. The Morgan fingerprint density at radius 3 is 2.62 bits per heavy atom. The standard InChI is InChI=1S/C16H25NO3S/c1-10(2)11-5-7-14(3,17-9-21)12-6-8-15(4)19-13(18)16(11,12)20-15/h10-13,18H,5-8H2,1-4H3/t11-,12-,13-,14-,15+,16+/m0/s1. The highest BCUT2D eigenvalue weighted by Gasteiger charge is 2.70. The van der Waals surface area contributed by atoms with Gasteiger partial charge in [-0.25, -0.2) is 4.99 Å². The number of isothiocyanates is 1. The molecule has 2 saturated heterocycles. The zero-order valence-electron chi connectivity index (χ0n) is 13.3. The van der Waals surface area contributed by atoms with Crippen molar-refractivity contribution in [3.8, 4) is 0 Å².